The van der Waals surface area contributed by atoms with Gasteiger partial charge in [-0.15, -0.1) is 5.10 Å². The molecule has 0 aliphatic heterocycles. The number of aromatic nitrogens is 4. The van der Waals surface area contributed by atoms with Gasteiger partial charge in [0.2, 0.25) is 0 Å². The van der Waals surface area contributed by atoms with Crippen LogP contribution in [0.25, 0.3) is 16.6 Å². The van der Waals surface area contributed by atoms with Gasteiger partial charge in [-0.3, -0.25) is 0 Å². The normalized spacial score (nSPS) is 11.1. The number of rotatable bonds is 2. The van der Waals surface area contributed by atoms with Gasteiger partial charge in [-0.1, -0.05) is 18.2 Å². The molecule has 96 valence electrons. The van der Waals surface area contributed by atoms with Crippen molar-refractivity contribution in [2.24, 2.45) is 0 Å². The fraction of sp³-hybridized carbons (Fsp3) is 0.231. The fourth-order valence-electron chi connectivity index (χ4n) is 2.17. The minimum absolute atomic E-state index is 0.318. The molecular weight excluding hydrogens is 244 g/mol. The lowest BCUT2D eigenvalue weighted by Gasteiger charge is -2.07. The lowest BCUT2D eigenvalue weighted by molar-refractivity contribution is 0.0528. The summed E-state index contributed by atoms with van der Waals surface area (Å²) in [7, 11) is 0. The largest absolute Gasteiger partial charge is 0.462 e. The highest BCUT2D eigenvalue weighted by Crippen LogP contribution is 2.22. The smallest absolute Gasteiger partial charge is 0.342 e. The van der Waals surface area contributed by atoms with Gasteiger partial charge in [-0.25, -0.2) is 4.79 Å². The predicted molar refractivity (Wildman–Crippen MR) is 69.0 cm³/mol. The summed E-state index contributed by atoms with van der Waals surface area (Å²) in [5.74, 6) is -0.411. The first-order valence-electron chi connectivity index (χ1n) is 6.00. The second-order valence-corrected chi connectivity index (χ2v) is 4.21. The van der Waals surface area contributed by atoms with Gasteiger partial charge in [0.1, 0.15) is 5.56 Å². The number of para-hydroxylation sites is 1. The van der Waals surface area contributed by atoms with E-state index in [-0.39, 0.29) is 0 Å². The van der Waals surface area contributed by atoms with Crippen LogP contribution in [0.4, 0.5) is 0 Å². The molecule has 19 heavy (non-hydrogen) atoms. The maximum atomic E-state index is 12.0. The molecular formula is C13H12N4O2. The molecule has 0 fully saturated rings. The van der Waals surface area contributed by atoms with E-state index >= 15 is 0 Å². The minimum atomic E-state index is -0.411. The van der Waals surface area contributed by atoms with Crippen molar-refractivity contribution in [1.82, 2.24) is 20.0 Å². The maximum absolute atomic E-state index is 12.0. The van der Waals surface area contributed by atoms with Gasteiger partial charge in [-0.2, -0.15) is 4.52 Å². The number of carbonyl (C=O) groups excluding carboxylic acids is 1. The number of fused-ring (bicyclic) bond motifs is 3. The predicted octanol–water partition coefficient (Wildman–Crippen LogP) is 1.76. The van der Waals surface area contributed by atoms with Crippen LogP contribution in [0.15, 0.2) is 24.3 Å². The first kappa shape index (κ1) is 11.6. The molecule has 3 rings (SSSR count). The molecule has 0 atom stereocenters. The van der Waals surface area contributed by atoms with Gasteiger partial charge in [0.25, 0.3) is 0 Å². The van der Waals surface area contributed by atoms with Crippen LogP contribution in [0.1, 0.15) is 22.8 Å². The molecule has 0 saturated heterocycles. The Morgan fingerprint density at radius 2 is 2.26 bits per heavy atom. The Morgan fingerprint density at radius 3 is 3.05 bits per heavy atom. The number of nitrogens with zero attached hydrogens (tertiary/aromatic N) is 4. The monoisotopic (exact) mass is 256 g/mol. The highest BCUT2D eigenvalue weighted by Gasteiger charge is 2.17. The van der Waals surface area contributed by atoms with Crippen molar-refractivity contribution < 1.29 is 9.53 Å². The Labute approximate surface area is 109 Å². The van der Waals surface area contributed by atoms with E-state index in [2.05, 4.69) is 15.5 Å². The Hall–Kier alpha value is -2.50. The Kier molecular flexibility index (Phi) is 2.63. The van der Waals surface area contributed by atoms with E-state index in [1.54, 1.807) is 17.5 Å². The van der Waals surface area contributed by atoms with Gasteiger partial charge < -0.3 is 4.74 Å². The summed E-state index contributed by atoms with van der Waals surface area (Å²) >= 11 is 0. The lowest BCUT2D eigenvalue weighted by atomic mass is 10.1. The highest BCUT2D eigenvalue weighted by atomic mass is 16.5. The third-order valence-corrected chi connectivity index (χ3v) is 2.99. The number of carbonyl (C=O) groups is 1. The number of pyridine rings is 1. The maximum Gasteiger partial charge on any atom is 0.342 e. The van der Waals surface area contributed by atoms with Gasteiger partial charge in [0.05, 0.1) is 12.1 Å². The number of hydrogen-bond acceptors (Lipinski definition) is 5. The summed E-state index contributed by atoms with van der Waals surface area (Å²) in [6.07, 6.45) is 0. The van der Waals surface area contributed by atoms with E-state index in [4.69, 9.17) is 4.74 Å². The first-order valence-corrected chi connectivity index (χ1v) is 6.00. The van der Waals surface area contributed by atoms with Crippen LogP contribution in [0.5, 0.6) is 0 Å². The molecule has 0 aliphatic rings. The van der Waals surface area contributed by atoms with E-state index in [1.807, 2.05) is 25.1 Å². The van der Waals surface area contributed by atoms with Crippen LogP contribution in [-0.2, 0) is 4.74 Å². The van der Waals surface area contributed by atoms with Crippen LogP contribution in [-0.4, -0.2) is 32.6 Å². The van der Waals surface area contributed by atoms with Crippen molar-refractivity contribution in [2.75, 3.05) is 6.61 Å². The Balaban J connectivity index is 2.39. The zero-order valence-electron chi connectivity index (χ0n) is 10.6. The molecule has 2 heterocycles. The molecule has 6 nitrogen and oxygen atoms in total. The van der Waals surface area contributed by atoms with Crippen molar-refractivity contribution in [3.63, 3.8) is 0 Å². The van der Waals surface area contributed by atoms with Gasteiger partial charge >= 0.3 is 5.97 Å². The first-order chi connectivity index (χ1) is 9.22. The Bertz CT molecular complexity index is 779. The Morgan fingerprint density at radius 1 is 1.42 bits per heavy atom. The van der Waals surface area contributed by atoms with E-state index in [0.29, 0.717) is 17.8 Å². The molecule has 0 bridgehead atoms. The van der Waals surface area contributed by atoms with Crippen LogP contribution in [0.2, 0.25) is 0 Å². The lowest BCUT2D eigenvalue weighted by Crippen LogP contribution is -2.08. The molecule has 0 spiro atoms. The standard InChI is InChI=1S/C13H12N4O2/c1-3-19-13(18)10-7-9-6-4-5-8(2)11(9)17-12(10)14-15-16-17/h4-7H,3H2,1-2H3. The summed E-state index contributed by atoms with van der Waals surface area (Å²) < 4.78 is 6.62. The summed E-state index contributed by atoms with van der Waals surface area (Å²) in [5.41, 5.74) is 2.74. The number of ether oxygens (including phenoxy) is 1. The zero-order chi connectivity index (χ0) is 13.4. The van der Waals surface area contributed by atoms with Crippen molar-refractivity contribution in [3.05, 3.63) is 35.4 Å². The van der Waals surface area contributed by atoms with Crippen molar-refractivity contribution in [2.45, 2.75) is 13.8 Å². The van der Waals surface area contributed by atoms with Crippen LogP contribution in [0.3, 0.4) is 0 Å². The quantitative estimate of drug-likeness (QED) is 0.653. The third kappa shape index (κ3) is 1.72. The highest BCUT2D eigenvalue weighted by molar-refractivity contribution is 6.00. The molecule has 2 aromatic heterocycles. The van der Waals surface area contributed by atoms with Crippen LogP contribution >= 0.6 is 0 Å². The molecule has 0 saturated carbocycles. The van der Waals surface area contributed by atoms with Gasteiger partial charge in [-0.05, 0) is 35.9 Å². The molecule has 0 amide bonds. The van der Waals surface area contributed by atoms with E-state index < -0.39 is 5.97 Å². The van der Waals surface area contributed by atoms with Crippen LogP contribution in [0, 0.1) is 6.92 Å². The summed E-state index contributed by atoms with van der Waals surface area (Å²) in [6.45, 7) is 4.06. The number of hydrogen-bond donors (Lipinski definition) is 0. The second-order valence-electron chi connectivity index (χ2n) is 4.21. The molecule has 0 unspecified atom stereocenters. The SMILES string of the molecule is CCOC(=O)c1cc2cccc(C)c2n2nnnc12. The van der Waals surface area contributed by atoms with E-state index in [9.17, 15) is 4.79 Å². The average Bonchev–Trinajstić information content (AvgIpc) is 2.87. The van der Waals surface area contributed by atoms with Crippen LogP contribution < -0.4 is 0 Å². The summed E-state index contributed by atoms with van der Waals surface area (Å²) in [4.78, 5) is 12.0. The van der Waals surface area contributed by atoms with Crippen molar-refractivity contribution >= 4 is 22.5 Å². The van der Waals surface area contributed by atoms with Crippen molar-refractivity contribution in [3.8, 4) is 0 Å². The molecule has 3 aromatic rings. The molecule has 0 radical (unpaired) electrons. The minimum Gasteiger partial charge on any atom is -0.462 e. The topological polar surface area (TPSA) is 69.4 Å². The molecule has 0 N–H and O–H groups in total. The van der Waals surface area contributed by atoms with E-state index in [0.717, 1.165) is 16.5 Å². The fourth-order valence-corrected chi connectivity index (χ4v) is 2.17. The number of tetrazole rings is 1. The summed E-state index contributed by atoms with van der Waals surface area (Å²) in [5, 5.41) is 12.4. The molecule has 0 aliphatic carbocycles. The second kappa shape index (κ2) is 4.31. The average molecular weight is 256 g/mol. The van der Waals surface area contributed by atoms with Gasteiger partial charge in [0, 0.05) is 5.39 Å². The molecule has 6 heteroatoms. The number of esters is 1. The number of benzene rings is 1. The number of aryl methyl sites for hydroxylation is 1. The third-order valence-electron chi connectivity index (χ3n) is 2.99. The van der Waals surface area contributed by atoms with Crippen molar-refractivity contribution in [1.29, 1.82) is 0 Å². The summed E-state index contributed by atoms with van der Waals surface area (Å²) in [6, 6.07) is 7.61. The van der Waals surface area contributed by atoms with Gasteiger partial charge in [0.15, 0.2) is 5.65 Å². The molecule has 1 aromatic carbocycles. The van der Waals surface area contributed by atoms with E-state index in [1.165, 1.54) is 0 Å². The zero-order valence-corrected chi connectivity index (χ0v) is 10.6.